The molecular weight excluding hydrogens is 260 g/mol. The number of carbonyl (C=O) groups is 2. The fourth-order valence-electron chi connectivity index (χ4n) is 2.02. The number of amides is 1. The average Bonchev–Trinajstić information content (AvgIpc) is 2.79. The lowest BCUT2D eigenvalue weighted by atomic mass is 9.90. The van der Waals surface area contributed by atoms with Gasteiger partial charge in [-0.1, -0.05) is 32.4 Å². The first-order valence-corrected chi connectivity index (χ1v) is 6.82. The van der Waals surface area contributed by atoms with E-state index in [-0.39, 0.29) is 30.8 Å². The van der Waals surface area contributed by atoms with Crippen LogP contribution in [0.25, 0.3) is 0 Å². The Balaban J connectivity index is 2.51. The first kappa shape index (κ1) is 16.1. The highest BCUT2D eigenvalue weighted by Gasteiger charge is 2.21. The van der Waals surface area contributed by atoms with Gasteiger partial charge in [-0.15, -0.1) is 5.10 Å². The predicted octanol–water partition coefficient (Wildman–Crippen LogP) is 1.05. The van der Waals surface area contributed by atoms with E-state index < -0.39 is 5.97 Å². The van der Waals surface area contributed by atoms with Crippen molar-refractivity contribution >= 4 is 11.9 Å². The normalized spacial score (nSPS) is 12.4. The summed E-state index contributed by atoms with van der Waals surface area (Å²) in [6.07, 6.45) is 3.35. The molecule has 0 saturated carbocycles. The maximum atomic E-state index is 12.1. The number of nitrogens with zero attached hydrogens (tertiary/aromatic N) is 3. The van der Waals surface area contributed by atoms with Crippen LogP contribution in [0.1, 0.15) is 39.3 Å². The number of carboxylic acid groups (broad SMARTS) is 1. The van der Waals surface area contributed by atoms with Gasteiger partial charge in [0.1, 0.15) is 12.2 Å². The monoisotopic (exact) mass is 282 g/mol. The molecule has 0 saturated heterocycles. The Morgan fingerprint density at radius 1 is 1.45 bits per heavy atom. The number of aliphatic carboxylic acids is 1. The van der Waals surface area contributed by atoms with E-state index in [1.54, 1.807) is 0 Å². The molecule has 0 radical (unpaired) electrons. The summed E-state index contributed by atoms with van der Waals surface area (Å²) in [4.78, 5) is 22.6. The van der Waals surface area contributed by atoms with Crippen molar-refractivity contribution in [3.8, 4) is 0 Å². The van der Waals surface area contributed by atoms with Gasteiger partial charge in [-0.3, -0.25) is 9.59 Å². The molecule has 1 aromatic heterocycles. The summed E-state index contributed by atoms with van der Waals surface area (Å²) in [5.41, 5.74) is 0.554. The average molecular weight is 282 g/mol. The third kappa shape index (κ3) is 4.99. The SMILES string of the molecule is CCCC(C(=O)NCc1cn(CC(=O)O)nn1)C(C)C. The molecule has 112 valence electrons. The van der Waals surface area contributed by atoms with Crippen molar-refractivity contribution in [2.45, 2.75) is 46.7 Å². The smallest absolute Gasteiger partial charge is 0.325 e. The Bertz CT molecular complexity index is 456. The Hall–Kier alpha value is -1.92. The van der Waals surface area contributed by atoms with Gasteiger partial charge in [-0.2, -0.15) is 0 Å². The summed E-state index contributed by atoms with van der Waals surface area (Å²) in [6.45, 7) is 6.16. The molecule has 1 heterocycles. The zero-order chi connectivity index (χ0) is 15.1. The number of hydrogen-bond donors (Lipinski definition) is 2. The largest absolute Gasteiger partial charge is 0.480 e. The molecule has 0 spiro atoms. The molecule has 0 aromatic carbocycles. The molecule has 1 aromatic rings. The Morgan fingerprint density at radius 3 is 2.70 bits per heavy atom. The van der Waals surface area contributed by atoms with Crippen LogP contribution in [-0.2, 0) is 22.7 Å². The molecule has 1 atom stereocenters. The first-order valence-electron chi connectivity index (χ1n) is 6.82. The van der Waals surface area contributed by atoms with E-state index in [4.69, 9.17) is 5.11 Å². The molecule has 2 N–H and O–H groups in total. The minimum atomic E-state index is -0.978. The number of carbonyl (C=O) groups excluding carboxylic acids is 1. The number of rotatable bonds is 8. The number of carboxylic acids is 1. The molecule has 0 aliphatic rings. The fourth-order valence-corrected chi connectivity index (χ4v) is 2.02. The van der Waals surface area contributed by atoms with Gasteiger partial charge >= 0.3 is 5.97 Å². The van der Waals surface area contributed by atoms with Crippen molar-refractivity contribution in [3.05, 3.63) is 11.9 Å². The van der Waals surface area contributed by atoms with E-state index in [1.807, 2.05) is 13.8 Å². The highest BCUT2D eigenvalue weighted by Crippen LogP contribution is 2.17. The summed E-state index contributed by atoms with van der Waals surface area (Å²) in [5, 5.41) is 19.0. The maximum Gasteiger partial charge on any atom is 0.325 e. The van der Waals surface area contributed by atoms with Gasteiger partial charge in [0.05, 0.1) is 12.7 Å². The second kappa shape index (κ2) is 7.62. The maximum absolute atomic E-state index is 12.1. The van der Waals surface area contributed by atoms with Crippen LogP contribution in [-0.4, -0.2) is 32.0 Å². The molecule has 1 amide bonds. The summed E-state index contributed by atoms with van der Waals surface area (Å²) in [7, 11) is 0. The lowest BCUT2D eigenvalue weighted by Crippen LogP contribution is -2.33. The van der Waals surface area contributed by atoms with Crippen molar-refractivity contribution in [1.29, 1.82) is 0 Å². The van der Waals surface area contributed by atoms with Crippen LogP contribution >= 0.6 is 0 Å². The van der Waals surface area contributed by atoms with Crippen LogP contribution in [0.5, 0.6) is 0 Å². The standard InChI is InChI=1S/C13H22N4O3/c1-4-5-11(9(2)3)13(20)14-6-10-7-17(16-15-10)8-12(18)19/h7,9,11H,4-6,8H2,1-3H3,(H,14,20)(H,18,19). The van der Waals surface area contributed by atoms with Crippen LogP contribution in [0.4, 0.5) is 0 Å². The van der Waals surface area contributed by atoms with Gasteiger partial charge in [0, 0.05) is 5.92 Å². The fraction of sp³-hybridized carbons (Fsp3) is 0.692. The Morgan fingerprint density at radius 2 is 2.15 bits per heavy atom. The topological polar surface area (TPSA) is 97.1 Å². The quantitative estimate of drug-likeness (QED) is 0.743. The van der Waals surface area contributed by atoms with E-state index in [0.29, 0.717) is 5.69 Å². The van der Waals surface area contributed by atoms with E-state index in [0.717, 1.165) is 12.8 Å². The summed E-state index contributed by atoms with van der Waals surface area (Å²) in [5.74, 6) is -0.686. The molecule has 20 heavy (non-hydrogen) atoms. The van der Waals surface area contributed by atoms with E-state index in [2.05, 4.69) is 22.6 Å². The molecule has 7 nitrogen and oxygen atoms in total. The van der Waals surface area contributed by atoms with Gasteiger partial charge in [0.15, 0.2) is 0 Å². The Kier molecular flexibility index (Phi) is 6.14. The molecule has 0 bridgehead atoms. The molecule has 0 aliphatic heterocycles. The Labute approximate surface area is 118 Å². The summed E-state index contributed by atoms with van der Waals surface area (Å²) in [6, 6.07) is 0. The van der Waals surface area contributed by atoms with Crippen LogP contribution < -0.4 is 5.32 Å². The highest BCUT2D eigenvalue weighted by atomic mass is 16.4. The van der Waals surface area contributed by atoms with Crippen LogP contribution in [0.15, 0.2) is 6.20 Å². The lowest BCUT2D eigenvalue weighted by molar-refractivity contribution is -0.138. The zero-order valence-electron chi connectivity index (χ0n) is 12.2. The third-order valence-corrected chi connectivity index (χ3v) is 3.07. The minimum absolute atomic E-state index is 0.00550. The second-order valence-electron chi connectivity index (χ2n) is 5.16. The van der Waals surface area contributed by atoms with Crippen molar-refractivity contribution in [2.75, 3.05) is 0 Å². The van der Waals surface area contributed by atoms with E-state index in [1.165, 1.54) is 10.9 Å². The van der Waals surface area contributed by atoms with Crippen molar-refractivity contribution in [2.24, 2.45) is 11.8 Å². The molecule has 1 rings (SSSR count). The van der Waals surface area contributed by atoms with Gasteiger partial charge < -0.3 is 10.4 Å². The number of aromatic nitrogens is 3. The predicted molar refractivity (Wildman–Crippen MR) is 72.7 cm³/mol. The summed E-state index contributed by atoms with van der Waals surface area (Å²) >= 11 is 0. The van der Waals surface area contributed by atoms with Crippen LogP contribution in [0.2, 0.25) is 0 Å². The second-order valence-corrected chi connectivity index (χ2v) is 5.16. The number of hydrogen-bond acceptors (Lipinski definition) is 4. The van der Waals surface area contributed by atoms with E-state index in [9.17, 15) is 9.59 Å². The minimum Gasteiger partial charge on any atom is -0.480 e. The van der Waals surface area contributed by atoms with Gasteiger partial charge in [0.25, 0.3) is 0 Å². The van der Waals surface area contributed by atoms with Crippen LogP contribution in [0, 0.1) is 11.8 Å². The van der Waals surface area contributed by atoms with Crippen LogP contribution in [0.3, 0.4) is 0 Å². The first-order chi connectivity index (χ1) is 9.43. The molecular formula is C13H22N4O3. The van der Waals surface area contributed by atoms with Gasteiger partial charge in [-0.05, 0) is 12.3 Å². The molecule has 0 aliphatic carbocycles. The van der Waals surface area contributed by atoms with Gasteiger partial charge in [0.2, 0.25) is 5.91 Å². The highest BCUT2D eigenvalue weighted by molar-refractivity contribution is 5.78. The van der Waals surface area contributed by atoms with Gasteiger partial charge in [-0.25, -0.2) is 4.68 Å². The lowest BCUT2D eigenvalue weighted by Gasteiger charge is -2.19. The van der Waals surface area contributed by atoms with E-state index >= 15 is 0 Å². The third-order valence-electron chi connectivity index (χ3n) is 3.07. The molecule has 0 fully saturated rings. The van der Waals surface area contributed by atoms with Crippen molar-refractivity contribution in [1.82, 2.24) is 20.3 Å². The summed E-state index contributed by atoms with van der Waals surface area (Å²) < 4.78 is 1.23. The van der Waals surface area contributed by atoms with Crippen molar-refractivity contribution < 1.29 is 14.7 Å². The molecule has 1 unspecified atom stereocenters. The molecule has 7 heteroatoms. The number of nitrogens with one attached hydrogen (secondary N) is 1. The van der Waals surface area contributed by atoms with Crippen molar-refractivity contribution in [3.63, 3.8) is 0 Å². The zero-order valence-corrected chi connectivity index (χ0v) is 12.2.